The number of nitrogens with one attached hydrogen (secondary N) is 1. The van der Waals surface area contributed by atoms with Crippen LogP contribution in [0, 0.1) is 5.92 Å². The van der Waals surface area contributed by atoms with Crippen LogP contribution in [0.15, 0.2) is 11.1 Å². The molecule has 7 nitrogen and oxygen atoms in total. The van der Waals surface area contributed by atoms with Gasteiger partial charge >= 0.3 is 0 Å². The molecule has 1 amide bonds. The number of morpholine rings is 1. The summed E-state index contributed by atoms with van der Waals surface area (Å²) in [4.78, 5) is 14.3. The SMILES string of the molecule is CS(=O)(=O)c1cn[nH]c1C1COCCN1C(=O)CC1CC1. The number of carbonyl (C=O) groups excluding carboxylic acids is 1. The normalized spacial score (nSPS) is 23.3. The molecule has 1 N–H and O–H groups in total. The van der Waals surface area contributed by atoms with Crippen molar-refractivity contribution in [3.8, 4) is 0 Å². The van der Waals surface area contributed by atoms with Crippen LogP contribution in [0.1, 0.15) is 31.0 Å². The van der Waals surface area contributed by atoms with Crippen molar-refractivity contribution >= 4 is 15.7 Å². The van der Waals surface area contributed by atoms with Crippen LogP contribution in [0.3, 0.4) is 0 Å². The molecule has 0 aromatic carbocycles. The maximum atomic E-state index is 12.4. The average Bonchev–Trinajstić information content (AvgIpc) is 3.09. The summed E-state index contributed by atoms with van der Waals surface area (Å²) in [5.41, 5.74) is 0.446. The van der Waals surface area contributed by atoms with E-state index in [1.807, 2.05) is 0 Å². The number of ether oxygens (including phenoxy) is 1. The Labute approximate surface area is 123 Å². The standard InChI is InChI=1S/C13H19N3O4S/c1-21(18,19)11-7-14-15-13(11)10-8-20-5-4-16(10)12(17)6-9-2-3-9/h7,9-10H,2-6,8H2,1H3,(H,14,15). The van der Waals surface area contributed by atoms with Gasteiger partial charge in [-0.05, 0) is 18.8 Å². The van der Waals surface area contributed by atoms with Gasteiger partial charge in [-0.25, -0.2) is 8.42 Å². The van der Waals surface area contributed by atoms with Crippen molar-refractivity contribution in [3.05, 3.63) is 11.9 Å². The molecule has 1 atom stereocenters. The van der Waals surface area contributed by atoms with Crippen LogP contribution in [-0.2, 0) is 19.4 Å². The van der Waals surface area contributed by atoms with Crippen LogP contribution >= 0.6 is 0 Å². The monoisotopic (exact) mass is 313 g/mol. The van der Waals surface area contributed by atoms with E-state index in [4.69, 9.17) is 4.74 Å². The maximum Gasteiger partial charge on any atom is 0.223 e. The molecule has 1 unspecified atom stereocenters. The van der Waals surface area contributed by atoms with E-state index in [0.29, 0.717) is 37.8 Å². The third-order valence-electron chi connectivity index (χ3n) is 3.97. The van der Waals surface area contributed by atoms with Gasteiger partial charge in [0.2, 0.25) is 5.91 Å². The summed E-state index contributed by atoms with van der Waals surface area (Å²) in [6.45, 7) is 1.26. The number of aromatic nitrogens is 2. The average molecular weight is 313 g/mol. The molecule has 2 aliphatic rings. The van der Waals surface area contributed by atoms with Crippen LogP contribution in [0.25, 0.3) is 0 Å². The Morgan fingerprint density at radius 3 is 2.95 bits per heavy atom. The van der Waals surface area contributed by atoms with Gasteiger partial charge in [0.15, 0.2) is 9.84 Å². The van der Waals surface area contributed by atoms with Gasteiger partial charge in [0.25, 0.3) is 0 Å². The van der Waals surface area contributed by atoms with Crippen molar-refractivity contribution in [2.24, 2.45) is 5.92 Å². The minimum atomic E-state index is -3.39. The number of nitrogens with zero attached hydrogens (tertiary/aromatic N) is 2. The van der Waals surface area contributed by atoms with Crippen LogP contribution < -0.4 is 0 Å². The quantitative estimate of drug-likeness (QED) is 0.874. The minimum absolute atomic E-state index is 0.0693. The summed E-state index contributed by atoms with van der Waals surface area (Å²) in [5.74, 6) is 0.567. The van der Waals surface area contributed by atoms with Gasteiger partial charge in [0, 0.05) is 19.2 Å². The lowest BCUT2D eigenvalue weighted by atomic mass is 10.1. The van der Waals surface area contributed by atoms with Gasteiger partial charge in [0.1, 0.15) is 4.90 Å². The molecule has 0 bridgehead atoms. The third-order valence-corrected chi connectivity index (χ3v) is 5.10. The zero-order chi connectivity index (χ0) is 15.0. The lowest BCUT2D eigenvalue weighted by Crippen LogP contribution is -2.44. The molecule has 3 rings (SSSR count). The largest absolute Gasteiger partial charge is 0.377 e. The molecule has 2 heterocycles. The molecule has 0 spiro atoms. The maximum absolute atomic E-state index is 12.4. The molecule has 21 heavy (non-hydrogen) atoms. The number of hydrogen-bond donors (Lipinski definition) is 1. The highest BCUT2D eigenvalue weighted by Crippen LogP contribution is 2.35. The highest BCUT2D eigenvalue weighted by Gasteiger charge is 2.35. The summed E-state index contributed by atoms with van der Waals surface area (Å²) in [6, 6.07) is -0.405. The van der Waals surface area contributed by atoms with Crippen molar-refractivity contribution < 1.29 is 17.9 Å². The van der Waals surface area contributed by atoms with Crippen LogP contribution in [0.5, 0.6) is 0 Å². The summed E-state index contributed by atoms with van der Waals surface area (Å²) >= 11 is 0. The molecular weight excluding hydrogens is 294 g/mol. The second-order valence-electron chi connectivity index (χ2n) is 5.75. The molecular formula is C13H19N3O4S. The Balaban J connectivity index is 1.87. The molecule has 1 saturated carbocycles. The van der Waals surface area contributed by atoms with Gasteiger partial charge in [-0.1, -0.05) is 0 Å². The Bertz CT molecular complexity index is 636. The molecule has 1 saturated heterocycles. The van der Waals surface area contributed by atoms with Gasteiger partial charge < -0.3 is 9.64 Å². The van der Waals surface area contributed by atoms with E-state index in [0.717, 1.165) is 19.1 Å². The van der Waals surface area contributed by atoms with Crippen molar-refractivity contribution in [2.75, 3.05) is 26.0 Å². The van der Waals surface area contributed by atoms with E-state index in [-0.39, 0.29) is 10.8 Å². The van der Waals surface area contributed by atoms with Gasteiger partial charge in [-0.3, -0.25) is 9.89 Å². The summed E-state index contributed by atoms with van der Waals surface area (Å²) < 4.78 is 29.1. The first kappa shape index (κ1) is 14.5. The zero-order valence-electron chi connectivity index (χ0n) is 11.9. The van der Waals surface area contributed by atoms with Crippen molar-refractivity contribution in [3.63, 3.8) is 0 Å². The predicted octanol–water partition coefficient (Wildman–Crippen LogP) is 0.513. The molecule has 1 aliphatic heterocycles. The molecule has 0 radical (unpaired) electrons. The van der Waals surface area contributed by atoms with E-state index in [1.165, 1.54) is 6.20 Å². The Morgan fingerprint density at radius 1 is 1.52 bits per heavy atom. The van der Waals surface area contributed by atoms with Gasteiger partial charge in [-0.2, -0.15) is 5.10 Å². The smallest absolute Gasteiger partial charge is 0.223 e. The van der Waals surface area contributed by atoms with Crippen LogP contribution in [0.2, 0.25) is 0 Å². The number of rotatable bonds is 4. The van der Waals surface area contributed by atoms with E-state index >= 15 is 0 Å². The van der Waals surface area contributed by atoms with E-state index in [9.17, 15) is 13.2 Å². The molecule has 1 aromatic rings. The van der Waals surface area contributed by atoms with Crippen molar-refractivity contribution in [1.82, 2.24) is 15.1 Å². The summed E-state index contributed by atoms with van der Waals surface area (Å²) in [6.07, 6.45) is 5.20. The lowest BCUT2D eigenvalue weighted by molar-refractivity contribution is -0.140. The van der Waals surface area contributed by atoms with Gasteiger partial charge in [-0.15, -0.1) is 0 Å². The minimum Gasteiger partial charge on any atom is -0.377 e. The number of aromatic amines is 1. The Kier molecular flexibility index (Phi) is 3.75. The molecule has 2 fully saturated rings. The second-order valence-corrected chi connectivity index (χ2v) is 7.73. The highest BCUT2D eigenvalue weighted by molar-refractivity contribution is 7.90. The number of amides is 1. The second kappa shape index (κ2) is 5.42. The van der Waals surface area contributed by atoms with Crippen LogP contribution in [0.4, 0.5) is 0 Å². The Hall–Kier alpha value is -1.41. The van der Waals surface area contributed by atoms with E-state index < -0.39 is 15.9 Å². The molecule has 116 valence electrons. The number of H-pyrrole nitrogens is 1. The summed E-state index contributed by atoms with van der Waals surface area (Å²) in [5, 5.41) is 6.57. The summed E-state index contributed by atoms with van der Waals surface area (Å²) in [7, 11) is -3.39. The molecule has 1 aliphatic carbocycles. The lowest BCUT2D eigenvalue weighted by Gasteiger charge is -2.35. The fourth-order valence-corrected chi connectivity index (χ4v) is 3.47. The molecule has 8 heteroatoms. The van der Waals surface area contributed by atoms with Crippen LogP contribution in [-0.4, -0.2) is 55.4 Å². The predicted molar refractivity (Wildman–Crippen MR) is 74.3 cm³/mol. The van der Waals surface area contributed by atoms with E-state index in [2.05, 4.69) is 10.2 Å². The zero-order valence-corrected chi connectivity index (χ0v) is 12.7. The number of sulfone groups is 1. The highest BCUT2D eigenvalue weighted by atomic mass is 32.2. The first-order valence-corrected chi connectivity index (χ1v) is 8.96. The van der Waals surface area contributed by atoms with Crippen molar-refractivity contribution in [2.45, 2.75) is 30.2 Å². The topological polar surface area (TPSA) is 92.4 Å². The number of carbonyl (C=O) groups is 1. The van der Waals surface area contributed by atoms with Gasteiger partial charge in [0.05, 0.1) is 31.1 Å². The fraction of sp³-hybridized carbons (Fsp3) is 0.692. The number of hydrogen-bond acceptors (Lipinski definition) is 5. The Morgan fingerprint density at radius 2 is 2.29 bits per heavy atom. The van der Waals surface area contributed by atoms with Crippen molar-refractivity contribution in [1.29, 1.82) is 0 Å². The first-order chi connectivity index (χ1) is 9.97. The van der Waals surface area contributed by atoms with E-state index in [1.54, 1.807) is 4.90 Å². The fourth-order valence-electron chi connectivity index (χ4n) is 2.65. The molecule has 1 aromatic heterocycles. The third kappa shape index (κ3) is 3.11. The first-order valence-electron chi connectivity index (χ1n) is 7.07.